The molecule has 1 heterocycles. The topological polar surface area (TPSA) is 57.0 Å². The van der Waals surface area contributed by atoms with E-state index in [4.69, 9.17) is 4.74 Å². The van der Waals surface area contributed by atoms with Crippen LogP contribution in [0.5, 0.6) is 5.75 Å². The molecule has 5 nitrogen and oxygen atoms in total. The normalized spacial score (nSPS) is 10.7. The molecule has 20 heavy (non-hydrogen) atoms. The van der Waals surface area contributed by atoms with E-state index in [0.29, 0.717) is 16.6 Å². The first-order valence-electron chi connectivity index (χ1n) is 6.20. The van der Waals surface area contributed by atoms with Crippen LogP contribution in [0.4, 0.5) is 0 Å². The van der Waals surface area contributed by atoms with Crippen LogP contribution in [0.3, 0.4) is 0 Å². The molecule has 0 unspecified atom stereocenters. The van der Waals surface area contributed by atoms with E-state index < -0.39 is 0 Å². The van der Waals surface area contributed by atoms with Gasteiger partial charge in [0.05, 0.1) is 18.2 Å². The molecule has 0 atom stereocenters. The number of methoxy groups -OCH3 is 1. The van der Waals surface area contributed by atoms with Crippen LogP contribution in [0.15, 0.2) is 47.3 Å². The molecule has 5 heteroatoms. The molecule has 0 fully saturated rings. The van der Waals surface area contributed by atoms with Gasteiger partial charge in [-0.15, -0.1) is 5.10 Å². The van der Waals surface area contributed by atoms with Gasteiger partial charge in [0.15, 0.2) is 0 Å². The maximum Gasteiger partial charge on any atom is 0.282 e. The Bertz CT molecular complexity index is 823. The van der Waals surface area contributed by atoms with Crippen LogP contribution in [0.2, 0.25) is 0 Å². The van der Waals surface area contributed by atoms with Crippen LogP contribution in [0.1, 0.15) is 5.56 Å². The Hall–Kier alpha value is -2.69. The van der Waals surface area contributed by atoms with Crippen LogP contribution < -0.4 is 10.3 Å². The highest BCUT2D eigenvalue weighted by molar-refractivity contribution is 5.77. The minimum Gasteiger partial charge on any atom is -0.497 e. The van der Waals surface area contributed by atoms with Gasteiger partial charge in [-0.25, -0.2) is 0 Å². The zero-order chi connectivity index (χ0) is 14.1. The fraction of sp³-hybridized carbons (Fsp3) is 0.133. The maximum atomic E-state index is 12.5. The zero-order valence-electron chi connectivity index (χ0n) is 11.2. The third kappa shape index (κ3) is 2.03. The molecule has 0 aliphatic carbocycles. The predicted octanol–water partition coefficient (Wildman–Crippen LogP) is 2.10. The summed E-state index contributed by atoms with van der Waals surface area (Å²) in [6, 6.07) is 12.7. The average molecular weight is 267 g/mol. The van der Waals surface area contributed by atoms with Crippen molar-refractivity contribution < 1.29 is 4.74 Å². The number of ether oxygens (including phenoxy) is 1. The fourth-order valence-corrected chi connectivity index (χ4v) is 2.05. The van der Waals surface area contributed by atoms with Crippen LogP contribution in [-0.4, -0.2) is 22.1 Å². The molecule has 1 aromatic heterocycles. The summed E-state index contributed by atoms with van der Waals surface area (Å²) >= 11 is 0. The van der Waals surface area contributed by atoms with E-state index in [0.717, 1.165) is 11.3 Å². The smallest absolute Gasteiger partial charge is 0.282 e. The van der Waals surface area contributed by atoms with Gasteiger partial charge in [-0.3, -0.25) is 4.79 Å². The van der Waals surface area contributed by atoms with E-state index in [1.165, 1.54) is 4.68 Å². The summed E-state index contributed by atoms with van der Waals surface area (Å²) in [6.45, 7) is 1.94. The van der Waals surface area contributed by atoms with Crippen LogP contribution in [-0.2, 0) is 0 Å². The minimum absolute atomic E-state index is 0.177. The summed E-state index contributed by atoms with van der Waals surface area (Å²) in [6.07, 6.45) is 0. The van der Waals surface area contributed by atoms with E-state index in [-0.39, 0.29) is 5.56 Å². The van der Waals surface area contributed by atoms with E-state index in [2.05, 4.69) is 10.3 Å². The Morgan fingerprint density at radius 3 is 2.55 bits per heavy atom. The van der Waals surface area contributed by atoms with E-state index in [1.807, 2.05) is 19.1 Å². The maximum absolute atomic E-state index is 12.5. The van der Waals surface area contributed by atoms with Crippen LogP contribution in [0.25, 0.3) is 16.6 Å². The molecule has 0 N–H and O–H groups in total. The molecule has 0 amide bonds. The molecule has 100 valence electrons. The summed E-state index contributed by atoms with van der Waals surface area (Å²) in [5.41, 5.74) is 2.10. The van der Waals surface area contributed by atoms with Gasteiger partial charge in [0.25, 0.3) is 5.56 Å². The number of aryl methyl sites for hydroxylation is 1. The fourth-order valence-electron chi connectivity index (χ4n) is 2.05. The molecule has 0 spiro atoms. The van der Waals surface area contributed by atoms with Gasteiger partial charge >= 0.3 is 0 Å². The van der Waals surface area contributed by atoms with Gasteiger partial charge in [0.1, 0.15) is 11.3 Å². The lowest BCUT2D eigenvalue weighted by molar-refractivity contribution is 0.414. The molecule has 3 aromatic rings. The summed E-state index contributed by atoms with van der Waals surface area (Å²) in [7, 11) is 1.60. The van der Waals surface area contributed by atoms with E-state index in [9.17, 15) is 4.79 Å². The van der Waals surface area contributed by atoms with Crippen molar-refractivity contribution in [1.82, 2.24) is 15.0 Å². The monoisotopic (exact) mass is 267 g/mol. The second-order valence-electron chi connectivity index (χ2n) is 4.53. The first-order valence-corrected chi connectivity index (χ1v) is 6.20. The zero-order valence-corrected chi connectivity index (χ0v) is 11.2. The van der Waals surface area contributed by atoms with Crippen molar-refractivity contribution in [3.63, 3.8) is 0 Å². The molecular formula is C15H13N3O2. The molecule has 0 saturated heterocycles. The van der Waals surface area contributed by atoms with Crippen molar-refractivity contribution in [2.75, 3.05) is 7.11 Å². The highest BCUT2D eigenvalue weighted by atomic mass is 16.5. The summed E-state index contributed by atoms with van der Waals surface area (Å²) in [5.74, 6) is 0.728. The number of hydrogen-bond donors (Lipinski definition) is 0. The van der Waals surface area contributed by atoms with Crippen molar-refractivity contribution in [2.45, 2.75) is 6.92 Å². The quantitative estimate of drug-likeness (QED) is 0.713. The number of hydrogen-bond acceptors (Lipinski definition) is 4. The second-order valence-corrected chi connectivity index (χ2v) is 4.53. The second kappa shape index (κ2) is 4.77. The highest BCUT2D eigenvalue weighted by Crippen LogP contribution is 2.14. The highest BCUT2D eigenvalue weighted by Gasteiger charge is 2.07. The lowest BCUT2D eigenvalue weighted by Crippen LogP contribution is -2.22. The number of rotatable bonds is 2. The lowest BCUT2D eigenvalue weighted by atomic mass is 10.2. The summed E-state index contributed by atoms with van der Waals surface area (Å²) < 4.78 is 6.39. The average Bonchev–Trinajstić information content (AvgIpc) is 2.48. The largest absolute Gasteiger partial charge is 0.497 e. The number of fused-ring (bicyclic) bond motifs is 1. The van der Waals surface area contributed by atoms with Gasteiger partial charge in [-0.2, -0.15) is 4.68 Å². The molecule has 0 aliphatic heterocycles. The van der Waals surface area contributed by atoms with Crippen molar-refractivity contribution in [1.29, 1.82) is 0 Å². The standard InChI is InChI=1S/C15H13N3O2/c1-10-3-8-14-13(9-10)15(19)18(17-16-14)11-4-6-12(20-2)7-5-11/h3-9H,1-2H3. The SMILES string of the molecule is COc1ccc(-n2nnc3ccc(C)cc3c2=O)cc1. The van der Waals surface area contributed by atoms with Gasteiger partial charge in [0.2, 0.25) is 0 Å². The Labute approximate surface area is 115 Å². The van der Waals surface area contributed by atoms with Crippen molar-refractivity contribution >= 4 is 10.9 Å². The van der Waals surface area contributed by atoms with E-state index >= 15 is 0 Å². The molecule has 3 rings (SSSR count). The van der Waals surface area contributed by atoms with Crippen LogP contribution >= 0.6 is 0 Å². The van der Waals surface area contributed by atoms with Crippen molar-refractivity contribution in [3.8, 4) is 11.4 Å². The van der Waals surface area contributed by atoms with Crippen LogP contribution in [0, 0.1) is 6.92 Å². The minimum atomic E-state index is -0.177. The lowest BCUT2D eigenvalue weighted by Gasteiger charge is -2.06. The Balaban J connectivity index is 2.20. The van der Waals surface area contributed by atoms with Gasteiger partial charge in [-0.1, -0.05) is 16.8 Å². The van der Waals surface area contributed by atoms with Crippen molar-refractivity contribution in [3.05, 3.63) is 58.4 Å². The first-order chi connectivity index (χ1) is 9.69. The predicted molar refractivity (Wildman–Crippen MR) is 76.4 cm³/mol. The number of aromatic nitrogens is 3. The molecule has 2 aromatic carbocycles. The third-order valence-corrected chi connectivity index (χ3v) is 3.13. The van der Waals surface area contributed by atoms with E-state index in [1.54, 1.807) is 37.4 Å². The summed E-state index contributed by atoms with van der Waals surface area (Å²) in [4.78, 5) is 12.5. The van der Waals surface area contributed by atoms with Crippen molar-refractivity contribution in [2.24, 2.45) is 0 Å². The molecule has 0 bridgehead atoms. The molecule has 0 radical (unpaired) electrons. The Kier molecular flexibility index (Phi) is 2.95. The molecule has 0 aliphatic rings. The molecule has 0 saturated carbocycles. The Morgan fingerprint density at radius 1 is 1.10 bits per heavy atom. The molecular weight excluding hydrogens is 254 g/mol. The third-order valence-electron chi connectivity index (χ3n) is 3.13. The number of nitrogens with zero attached hydrogens (tertiary/aromatic N) is 3. The van der Waals surface area contributed by atoms with Gasteiger partial charge < -0.3 is 4.74 Å². The van der Waals surface area contributed by atoms with Gasteiger partial charge in [-0.05, 0) is 43.3 Å². The van der Waals surface area contributed by atoms with Gasteiger partial charge in [0, 0.05) is 0 Å². The summed E-state index contributed by atoms with van der Waals surface area (Å²) in [5, 5.41) is 8.62. The number of benzene rings is 2. The Morgan fingerprint density at radius 2 is 1.85 bits per heavy atom. The first kappa shape index (κ1) is 12.3.